The van der Waals surface area contributed by atoms with Crippen molar-refractivity contribution in [1.29, 1.82) is 0 Å². The quantitative estimate of drug-likeness (QED) is 0.0430. The lowest BCUT2D eigenvalue weighted by atomic mass is 9.81. The molecule has 4 unspecified atom stereocenters. The van der Waals surface area contributed by atoms with Crippen molar-refractivity contribution in [2.75, 3.05) is 66.1 Å². The number of rotatable bonds is 20. The summed E-state index contributed by atoms with van der Waals surface area (Å²) >= 11 is 4.80. The van der Waals surface area contributed by atoms with E-state index in [0.717, 1.165) is 88.0 Å². The number of hydrogen-bond donors (Lipinski definition) is 0. The molecule has 5 aliphatic rings. The zero-order valence-electron chi connectivity index (χ0n) is 31.6. The molecule has 5 atom stereocenters. The monoisotopic (exact) mass is 1010 g/mol. The standard InChI is InChI=1S/C46H42I2O10/c47-31-15-41(46(42(48)16-31)58-26-38-23-55-38)45(39-13-29(5-11-43(39)56-24-36-21-53-36)27-1-7-32(8-2-27)49-17-34-19-51-34)40-14-30(6-12-44(40)57-25-37-22-54-37)28-3-9-33(10-4-28)50-18-35-20-52-35/h1-16,34-38,45H,17-26H2/t34?,35?,36?,37?,38-,45?/m1/s1. The maximum absolute atomic E-state index is 6.71. The van der Waals surface area contributed by atoms with Crippen LogP contribution in [0.5, 0.6) is 28.7 Å². The van der Waals surface area contributed by atoms with Crippen LogP contribution >= 0.6 is 45.2 Å². The van der Waals surface area contributed by atoms with Gasteiger partial charge in [-0.2, -0.15) is 0 Å². The topological polar surface area (TPSA) is 109 Å². The number of epoxide rings is 5. The maximum Gasteiger partial charge on any atom is 0.136 e. The van der Waals surface area contributed by atoms with Crippen LogP contribution in [0.15, 0.2) is 97.1 Å². The summed E-state index contributed by atoms with van der Waals surface area (Å²) < 4.78 is 61.6. The minimum Gasteiger partial charge on any atom is -0.491 e. The molecule has 0 aliphatic carbocycles. The third-order valence-corrected chi connectivity index (χ3v) is 11.9. The highest BCUT2D eigenvalue weighted by Gasteiger charge is 2.33. The van der Waals surface area contributed by atoms with Crippen molar-refractivity contribution < 1.29 is 47.4 Å². The SMILES string of the molecule is Ic1cc(I)c(OC[C@H]2CO2)c(C(c2cc(-c3ccc(OCC4CO4)cc3)ccc2OCC2CO2)c2cc(-c3ccc(OCC4CO4)cc3)ccc2OCC2CO2)c1. The zero-order valence-corrected chi connectivity index (χ0v) is 35.9. The minimum atomic E-state index is -0.384. The van der Waals surface area contributed by atoms with E-state index >= 15 is 0 Å². The molecule has 5 aromatic rings. The van der Waals surface area contributed by atoms with Gasteiger partial charge in [0, 0.05) is 26.2 Å². The van der Waals surface area contributed by atoms with Gasteiger partial charge in [-0.15, -0.1) is 0 Å². The molecule has 5 aromatic carbocycles. The molecule has 0 amide bonds. The predicted molar refractivity (Wildman–Crippen MR) is 233 cm³/mol. The molecule has 5 saturated heterocycles. The predicted octanol–water partition coefficient (Wildman–Crippen LogP) is 8.30. The van der Waals surface area contributed by atoms with Crippen LogP contribution in [0.3, 0.4) is 0 Å². The van der Waals surface area contributed by atoms with E-state index < -0.39 is 0 Å². The third-order valence-electron chi connectivity index (χ3n) is 10.5. The number of ether oxygens (including phenoxy) is 10. The van der Waals surface area contributed by atoms with Gasteiger partial charge in [0.15, 0.2) is 0 Å². The lowest BCUT2D eigenvalue weighted by Crippen LogP contribution is -2.15. The molecule has 10 nitrogen and oxygen atoms in total. The fraction of sp³-hybridized carbons (Fsp3) is 0.348. The third kappa shape index (κ3) is 9.86. The van der Waals surface area contributed by atoms with Crippen LogP contribution in [0.4, 0.5) is 0 Å². The molecule has 0 spiro atoms. The van der Waals surface area contributed by atoms with E-state index in [1.165, 1.54) is 0 Å². The van der Waals surface area contributed by atoms with Crippen LogP contribution < -0.4 is 23.7 Å². The van der Waals surface area contributed by atoms with Crippen molar-refractivity contribution in [2.24, 2.45) is 0 Å². The summed E-state index contributed by atoms with van der Waals surface area (Å²) in [4.78, 5) is 0. The second kappa shape index (κ2) is 17.1. The highest BCUT2D eigenvalue weighted by molar-refractivity contribution is 14.1. The van der Waals surface area contributed by atoms with Crippen LogP contribution in [-0.2, 0) is 23.7 Å². The van der Waals surface area contributed by atoms with E-state index in [4.69, 9.17) is 47.4 Å². The molecule has 12 heteroatoms. The van der Waals surface area contributed by atoms with Crippen molar-refractivity contribution in [3.8, 4) is 51.0 Å². The molecule has 5 heterocycles. The first kappa shape index (κ1) is 38.6. The van der Waals surface area contributed by atoms with Gasteiger partial charge < -0.3 is 47.4 Å². The van der Waals surface area contributed by atoms with E-state index in [9.17, 15) is 0 Å². The number of hydrogen-bond acceptors (Lipinski definition) is 10. The lowest BCUT2D eigenvalue weighted by Gasteiger charge is -2.27. The van der Waals surface area contributed by atoms with Crippen LogP contribution in [0.2, 0.25) is 0 Å². The largest absolute Gasteiger partial charge is 0.491 e. The summed E-state index contributed by atoms with van der Waals surface area (Å²) in [5.41, 5.74) is 7.15. The van der Waals surface area contributed by atoms with Crippen molar-refractivity contribution in [2.45, 2.75) is 36.4 Å². The highest BCUT2D eigenvalue weighted by Crippen LogP contribution is 2.48. The Labute approximate surface area is 364 Å². The van der Waals surface area contributed by atoms with Gasteiger partial charge in [-0.05, 0) is 128 Å². The number of halogens is 2. The first-order chi connectivity index (χ1) is 28.5. The molecule has 5 aliphatic heterocycles. The van der Waals surface area contributed by atoms with Crippen molar-refractivity contribution >= 4 is 45.2 Å². The first-order valence-corrected chi connectivity index (χ1v) is 21.8. The Morgan fingerprint density at radius 3 is 1.22 bits per heavy atom. The van der Waals surface area contributed by atoms with Crippen molar-refractivity contribution in [3.63, 3.8) is 0 Å². The van der Waals surface area contributed by atoms with Crippen molar-refractivity contribution in [3.05, 3.63) is 121 Å². The summed E-state index contributed by atoms with van der Waals surface area (Å²) in [5, 5.41) is 0. The Kier molecular flexibility index (Phi) is 11.4. The summed E-state index contributed by atoms with van der Waals surface area (Å²) in [5.74, 6) is 3.58. The molecular weight excluding hydrogens is 966 g/mol. The zero-order chi connectivity index (χ0) is 39.0. The van der Waals surface area contributed by atoms with Gasteiger partial charge in [-0.25, -0.2) is 0 Å². The van der Waals surface area contributed by atoms with Gasteiger partial charge in [0.2, 0.25) is 0 Å². The molecule has 58 heavy (non-hydrogen) atoms. The van der Waals surface area contributed by atoms with Crippen molar-refractivity contribution in [1.82, 2.24) is 0 Å². The molecule has 0 radical (unpaired) electrons. The average molecular weight is 1010 g/mol. The Morgan fingerprint density at radius 1 is 0.431 bits per heavy atom. The molecular formula is C46H42I2O10. The van der Waals surface area contributed by atoms with Gasteiger partial charge in [0.25, 0.3) is 0 Å². The van der Waals surface area contributed by atoms with Crippen LogP contribution in [-0.4, -0.2) is 96.6 Å². The Balaban J connectivity index is 1.11. The van der Waals surface area contributed by atoms with Crippen LogP contribution in [0.1, 0.15) is 22.6 Å². The van der Waals surface area contributed by atoms with Crippen LogP contribution in [0.25, 0.3) is 22.3 Å². The van der Waals surface area contributed by atoms with Gasteiger partial charge in [-0.3, -0.25) is 0 Å². The van der Waals surface area contributed by atoms with Gasteiger partial charge in [0.05, 0.1) is 36.6 Å². The second-order valence-electron chi connectivity index (χ2n) is 15.1. The Bertz CT molecular complexity index is 2110. The maximum atomic E-state index is 6.71. The molecule has 5 fully saturated rings. The van der Waals surface area contributed by atoms with E-state index in [-0.39, 0.29) is 36.4 Å². The Morgan fingerprint density at radius 2 is 0.810 bits per heavy atom. The molecule has 300 valence electrons. The Hall–Kier alpha value is -3.64. The van der Waals surface area contributed by atoms with E-state index in [0.29, 0.717) is 52.9 Å². The summed E-state index contributed by atoms with van der Waals surface area (Å²) in [6.07, 6.45) is 0.593. The fourth-order valence-electron chi connectivity index (χ4n) is 6.85. The molecule has 0 saturated carbocycles. The van der Waals surface area contributed by atoms with Gasteiger partial charge >= 0.3 is 0 Å². The van der Waals surface area contributed by atoms with Gasteiger partial charge in [0.1, 0.15) is 92.3 Å². The summed E-state index contributed by atoms with van der Waals surface area (Å²) in [7, 11) is 0. The van der Waals surface area contributed by atoms with Gasteiger partial charge in [-0.1, -0.05) is 36.4 Å². The lowest BCUT2D eigenvalue weighted by molar-refractivity contribution is 0.255. The minimum absolute atomic E-state index is 0.0696. The molecule has 0 bridgehead atoms. The molecule has 0 N–H and O–H groups in total. The second-order valence-corrected chi connectivity index (χ2v) is 17.5. The normalized spacial score (nSPS) is 22.8. The van der Waals surface area contributed by atoms with E-state index in [1.54, 1.807) is 0 Å². The first-order valence-electron chi connectivity index (χ1n) is 19.7. The number of benzene rings is 5. The summed E-state index contributed by atoms with van der Waals surface area (Å²) in [6.45, 7) is 6.06. The fourth-order valence-corrected chi connectivity index (χ4v) is 8.89. The molecule has 0 aromatic heterocycles. The van der Waals surface area contributed by atoms with Crippen LogP contribution in [0, 0.1) is 7.14 Å². The average Bonchev–Trinajstić information content (AvgIpc) is 4.04. The highest BCUT2D eigenvalue weighted by atomic mass is 127. The smallest absolute Gasteiger partial charge is 0.136 e. The van der Waals surface area contributed by atoms with E-state index in [1.807, 2.05) is 24.3 Å². The van der Waals surface area contributed by atoms with E-state index in [2.05, 4.69) is 118 Å². The summed E-state index contributed by atoms with van der Waals surface area (Å²) in [6, 6.07) is 33.8. The molecule has 10 rings (SSSR count).